The molecule has 0 radical (unpaired) electrons. The van der Waals surface area contributed by atoms with Gasteiger partial charge in [0.05, 0.1) is 17.3 Å². The molecule has 0 fully saturated rings. The van der Waals surface area contributed by atoms with Crippen molar-refractivity contribution < 1.29 is 0 Å². The molecule has 4 heteroatoms. The summed E-state index contributed by atoms with van der Waals surface area (Å²) in [6, 6.07) is 17.8. The normalized spacial score (nSPS) is 10.6. The molecule has 1 N–H and O–H groups in total. The van der Waals surface area contributed by atoms with Crippen LogP contribution < -0.4 is 5.56 Å². The van der Waals surface area contributed by atoms with Crippen molar-refractivity contribution in [2.75, 3.05) is 0 Å². The number of H-pyrrole nitrogens is 1. The molecule has 142 valence electrons. The first kappa shape index (κ1) is 19.6. The van der Waals surface area contributed by atoms with E-state index in [1.165, 1.54) is 0 Å². The predicted molar refractivity (Wildman–Crippen MR) is 112 cm³/mol. The maximum atomic E-state index is 12.8. The number of benzene rings is 2. The average molecular weight is 371 g/mol. The van der Waals surface area contributed by atoms with Gasteiger partial charge in [-0.2, -0.15) is 5.26 Å². The molecule has 2 aromatic carbocycles. The molecule has 0 atom stereocenters. The van der Waals surface area contributed by atoms with Crippen LogP contribution in [0.4, 0.5) is 0 Å². The second kappa shape index (κ2) is 9.14. The Labute approximate surface area is 165 Å². The Hall–Kier alpha value is -3.19. The summed E-state index contributed by atoms with van der Waals surface area (Å²) in [5, 5.41) is 9.49. The fourth-order valence-corrected chi connectivity index (χ4v) is 3.44. The first-order valence-electron chi connectivity index (χ1n) is 9.86. The van der Waals surface area contributed by atoms with E-state index in [0.717, 1.165) is 53.0 Å². The van der Waals surface area contributed by atoms with Crippen LogP contribution in [0.1, 0.15) is 54.9 Å². The van der Waals surface area contributed by atoms with Crippen LogP contribution in [-0.2, 0) is 19.3 Å². The SMILES string of the molecule is CCCCc1nc(CC)[nH]c(=O)c1Cc1ccccc1-c1ccccc1C#N. The standard InChI is InChI=1S/C24H25N3O/c1-3-5-14-22-21(24(28)27-23(4-2)26-22)15-17-10-6-8-12-19(17)20-13-9-7-11-18(20)16-25/h6-13H,3-5,14-15H2,1-2H3,(H,26,27,28). The zero-order chi connectivity index (χ0) is 19.9. The molecule has 0 aliphatic heterocycles. The number of hydrogen-bond donors (Lipinski definition) is 1. The molecular weight excluding hydrogens is 346 g/mol. The van der Waals surface area contributed by atoms with E-state index in [2.05, 4.69) is 18.0 Å². The molecule has 4 nitrogen and oxygen atoms in total. The summed E-state index contributed by atoms with van der Waals surface area (Å²) in [4.78, 5) is 20.4. The molecule has 1 heterocycles. The number of rotatable bonds is 7. The molecular formula is C24H25N3O. The van der Waals surface area contributed by atoms with Gasteiger partial charge in [-0.05, 0) is 35.6 Å². The summed E-state index contributed by atoms with van der Waals surface area (Å²) in [6.07, 6.45) is 4.08. The molecule has 0 bridgehead atoms. The van der Waals surface area contributed by atoms with Crippen molar-refractivity contribution >= 4 is 0 Å². The Kier molecular flexibility index (Phi) is 6.39. The Bertz CT molecular complexity index is 1060. The molecule has 28 heavy (non-hydrogen) atoms. The number of hydrogen-bond acceptors (Lipinski definition) is 3. The molecule has 0 amide bonds. The second-order valence-electron chi connectivity index (χ2n) is 6.89. The van der Waals surface area contributed by atoms with E-state index in [1.54, 1.807) is 0 Å². The van der Waals surface area contributed by atoms with Gasteiger partial charge >= 0.3 is 0 Å². The highest BCUT2D eigenvalue weighted by atomic mass is 16.1. The molecule has 0 unspecified atom stereocenters. The van der Waals surface area contributed by atoms with E-state index in [-0.39, 0.29) is 5.56 Å². The van der Waals surface area contributed by atoms with E-state index in [9.17, 15) is 10.1 Å². The van der Waals surface area contributed by atoms with Crippen LogP contribution in [-0.4, -0.2) is 9.97 Å². The second-order valence-corrected chi connectivity index (χ2v) is 6.89. The van der Waals surface area contributed by atoms with Gasteiger partial charge in [-0.3, -0.25) is 4.79 Å². The lowest BCUT2D eigenvalue weighted by Gasteiger charge is -2.14. The predicted octanol–water partition coefficient (Wildman–Crippen LogP) is 4.80. The lowest BCUT2D eigenvalue weighted by molar-refractivity contribution is 0.744. The minimum Gasteiger partial charge on any atom is -0.310 e. The van der Waals surface area contributed by atoms with Crippen LogP contribution in [0.15, 0.2) is 53.3 Å². The van der Waals surface area contributed by atoms with Crippen molar-refractivity contribution in [1.82, 2.24) is 9.97 Å². The third kappa shape index (κ3) is 4.20. The molecule has 0 saturated carbocycles. The zero-order valence-corrected chi connectivity index (χ0v) is 16.5. The van der Waals surface area contributed by atoms with Crippen molar-refractivity contribution in [3.05, 3.63) is 87.1 Å². The van der Waals surface area contributed by atoms with Gasteiger partial charge in [0, 0.05) is 18.4 Å². The van der Waals surface area contributed by atoms with Gasteiger partial charge in [-0.15, -0.1) is 0 Å². The smallest absolute Gasteiger partial charge is 0.254 e. The van der Waals surface area contributed by atoms with Crippen molar-refractivity contribution in [2.45, 2.75) is 46.0 Å². The quantitative estimate of drug-likeness (QED) is 0.648. The van der Waals surface area contributed by atoms with Gasteiger partial charge in [0.1, 0.15) is 5.82 Å². The van der Waals surface area contributed by atoms with Gasteiger partial charge in [0.15, 0.2) is 0 Å². The molecule has 1 aromatic heterocycles. The maximum absolute atomic E-state index is 12.8. The summed E-state index contributed by atoms with van der Waals surface area (Å²) in [7, 11) is 0. The van der Waals surface area contributed by atoms with Gasteiger partial charge in [-0.1, -0.05) is 62.7 Å². The number of unbranched alkanes of at least 4 members (excludes halogenated alkanes) is 1. The van der Waals surface area contributed by atoms with Gasteiger partial charge in [0.25, 0.3) is 5.56 Å². The first-order valence-corrected chi connectivity index (χ1v) is 9.86. The highest BCUT2D eigenvalue weighted by Crippen LogP contribution is 2.28. The van der Waals surface area contributed by atoms with Crippen LogP contribution in [0.25, 0.3) is 11.1 Å². The van der Waals surface area contributed by atoms with E-state index < -0.39 is 0 Å². The fourth-order valence-electron chi connectivity index (χ4n) is 3.44. The van der Waals surface area contributed by atoms with E-state index in [1.807, 2.05) is 55.5 Å². The molecule has 0 saturated heterocycles. The third-order valence-corrected chi connectivity index (χ3v) is 4.97. The summed E-state index contributed by atoms with van der Waals surface area (Å²) < 4.78 is 0. The van der Waals surface area contributed by atoms with Crippen LogP contribution >= 0.6 is 0 Å². The Morgan fingerprint density at radius 3 is 2.46 bits per heavy atom. The first-order chi connectivity index (χ1) is 13.7. The molecule has 0 aliphatic rings. The Morgan fingerprint density at radius 1 is 1.04 bits per heavy atom. The number of nitrogens with zero attached hydrogens (tertiary/aromatic N) is 2. The number of aryl methyl sites for hydroxylation is 2. The van der Waals surface area contributed by atoms with Crippen LogP contribution in [0, 0.1) is 11.3 Å². The number of aromatic amines is 1. The maximum Gasteiger partial charge on any atom is 0.254 e. The summed E-state index contributed by atoms with van der Waals surface area (Å²) in [5.74, 6) is 0.739. The van der Waals surface area contributed by atoms with Crippen molar-refractivity contribution in [1.29, 1.82) is 5.26 Å². The summed E-state index contributed by atoms with van der Waals surface area (Å²) in [6.45, 7) is 4.14. The van der Waals surface area contributed by atoms with E-state index in [0.29, 0.717) is 18.4 Å². The molecule has 0 spiro atoms. The molecule has 0 aliphatic carbocycles. The minimum absolute atomic E-state index is 0.0543. The zero-order valence-electron chi connectivity index (χ0n) is 16.5. The fraction of sp³-hybridized carbons (Fsp3) is 0.292. The van der Waals surface area contributed by atoms with Gasteiger partial charge < -0.3 is 4.98 Å². The topological polar surface area (TPSA) is 69.5 Å². The average Bonchev–Trinajstić information content (AvgIpc) is 2.74. The van der Waals surface area contributed by atoms with E-state index >= 15 is 0 Å². The minimum atomic E-state index is -0.0543. The van der Waals surface area contributed by atoms with Gasteiger partial charge in [0.2, 0.25) is 0 Å². The number of nitriles is 1. The lowest BCUT2D eigenvalue weighted by atomic mass is 9.92. The highest BCUT2D eigenvalue weighted by Gasteiger charge is 2.15. The third-order valence-electron chi connectivity index (χ3n) is 4.97. The van der Waals surface area contributed by atoms with Crippen LogP contribution in [0.2, 0.25) is 0 Å². The largest absolute Gasteiger partial charge is 0.310 e. The van der Waals surface area contributed by atoms with E-state index in [4.69, 9.17) is 4.98 Å². The van der Waals surface area contributed by atoms with Crippen molar-refractivity contribution in [2.24, 2.45) is 0 Å². The number of aromatic nitrogens is 2. The molecule has 3 aromatic rings. The van der Waals surface area contributed by atoms with Crippen molar-refractivity contribution in [3.63, 3.8) is 0 Å². The number of nitrogens with one attached hydrogen (secondary N) is 1. The Morgan fingerprint density at radius 2 is 1.75 bits per heavy atom. The van der Waals surface area contributed by atoms with Crippen LogP contribution in [0.5, 0.6) is 0 Å². The van der Waals surface area contributed by atoms with Gasteiger partial charge in [-0.25, -0.2) is 4.98 Å². The Balaban J connectivity index is 2.09. The summed E-state index contributed by atoms with van der Waals surface area (Å²) in [5.41, 5.74) is 5.11. The van der Waals surface area contributed by atoms with Crippen molar-refractivity contribution in [3.8, 4) is 17.2 Å². The van der Waals surface area contributed by atoms with Crippen LogP contribution in [0.3, 0.4) is 0 Å². The summed E-state index contributed by atoms with van der Waals surface area (Å²) >= 11 is 0. The molecule has 3 rings (SSSR count). The monoisotopic (exact) mass is 371 g/mol. The highest BCUT2D eigenvalue weighted by molar-refractivity contribution is 5.73. The lowest BCUT2D eigenvalue weighted by Crippen LogP contribution is -2.21.